The van der Waals surface area contributed by atoms with Crippen LogP contribution >= 0.6 is 0 Å². The molecule has 3 aromatic carbocycles. The molecule has 0 amide bonds. The number of carbonyl (C=O) groups excluding carboxylic acids is 2. The molecule has 1 aliphatic rings. The predicted octanol–water partition coefficient (Wildman–Crippen LogP) is 5.46. The number of benzene rings is 3. The Labute approximate surface area is 250 Å². The normalized spacial score (nSPS) is 15.0. The molecule has 1 heterocycles. The summed E-state index contributed by atoms with van der Waals surface area (Å²) >= 11 is 0. The maximum Gasteiger partial charge on any atom is 0.336 e. The number of hydroxylamine groups is 2. The quantitative estimate of drug-likeness (QED) is 0.162. The molecule has 1 unspecified atom stereocenters. The van der Waals surface area contributed by atoms with E-state index in [1.54, 1.807) is 19.9 Å². The number of allylic oxidation sites excluding steroid dienone is 2. The van der Waals surface area contributed by atoms with Crippen molar-refractivity contribution < 1.29 is 29.2 Å². The van der Waals surface area contributed by atoms with Gasteiger partial charge in [0.15, 0.2) is 0 Å². The number of esters is 2. The summed E-state index contributed by atoms with van der Waals surface area (Å²) in [5.41, 5.74) is 3.66. The van der Waals surface area contributed by atoms with Crippen molar-refractivity contribution in [2.75, 3.05) is 26.8 Å². The van der Waals surface area contributed by atoms with Gasteiger partial charge < -0.3 is 20.0 Å². The lowest BCUT2D eigenvalue weighted by molar-refractivity contribution is -0.384. The minimum Gasteiger partial charge on any atom is -0.466 e. The topological polar surface area (TPSA) is 131 Å². The zero-order valence-electron chi connectivity index (χ0n) is 24.4. The molecular weight excluding hydrogens is 550 g/mol. The minimum atomic E-state index is -0.955. The van der Waals surface area contributed by atoms with Crippen molar-refractivity contribution in [2.24, 2.45) is 0 Å². The highest BCUT2D eigenvalue weighted by Gasteiger charge is 2.38. The number of non-ortho nitro benzene ring substituents is 1. The van der Waals surface area contributed by atoms with Crippen LogP contribution in [0.1, 0.15) is 48.8 Å². The Bertz CT molecular complexity index is 1480. The summed E-state index contributed by atoms with van der Waals surface area (Å²) in [5.74, 6) is -2.27. The zero-order valence-corrected chi connectivity index (χ0v) is 24.4. The van der Waals surface area contributed by atoms with Gasteiger partial charge in [-0.2, -0.15) is 5.06 Å². The van der Waals surface area contributed by atoms with Crippen LogP contribution in [0.4, 0.5) is 5.69 Å². The van der Waals surface area contributed by atoms with Crippen molar-refractivity contribution in [3.8, 4) is 0 Å². The fraction of sp³-hybridized carbons (Fsp3) is 0.273. The number of nitro groups is 1. The molecule has 0 saturated carbocycles. The highest BCUT2D eigenvalue weighted by molar-refractivity contribution is 5.99. The number of nitrogens with zero attached hydrogens (tertiary/aromatic N) is 2. The van der Waals surface area contributed by atoms with E-state index in [9.17, 15) is 24.9 Å². The molecule has 0 aliphatic carbocycles. The highest BCUT2D eigenvalue weighted by Crippen LogP contribution is 2.40. The molecule has 224 valence electrons. The van der Waals surface area contributed by atoms with Gasteiger partial charge in [0, 0.05) is 36.0 Å². The predicted molar refractivity (Wildman–Crippen MR) is 160 cm³/mol. The number of methoxy groups -OCH3 is 1. The first kappa shape index (κ1) is 31.1. The van der Waals surface area contributed by atoms with Gasteiger partial charge in [0.2, 0.25) is 0 Å². The van der Waals surface area contributed by atoms with Crippen LogP contribution in [0.2, 0.25) is 0 Å². The van der Waals surface area contributed by atoms with Crippen molar-refractivity contribution in [3.05, 3.63) is 134 Å². The Balaban J connectivity index is 1.46. The van der Waals surface area contributed by atoms with Crippen LogP contribution in [-0.4, -0.2) is 53.9 Å². The van der Waals surface area contributed by atoms with E-state index in [0.717, 1.165) is 16.2 Å². The first-order chi connectivity index (χ1) is 20.7. The minimum absolute atomic E-state index is 0.0575. The van der Waals surface area contributed by atoms with Crippen molar-refractivity contribution in [1.82, 2.24) is 10.4 Å². The fourth-order valence-corrected chi connectivity index (χ4v) is 5.40. The van der Waals surface area contributed by atoms with Gasteiger partial charge in [0.05, 0.1) is 35.6 Å². The smallest absolute Gasteiger partial charge is 0.336 e. The number of hydrogen-bond acceptors (Lipinski definition) is 9. The van der Waals surface area contributed by atoms with Gasteiger partial charge in [-0.05, 0) is 37.0 Å². The second-order valence-corrected chi connectivity index (χ2v) is 10.2. The third kappa shape index (κ3) is 7.54. The molecule has 0 aromatic heterocycles. The van der Waals surface area contributed by atoms with Gasteiger partial charge in [0.1, 0.15) is 6.61 Å². The standard InChI is InChI=1S/C33H35N3O7/c1-22-29(32(37)42-3)31(26-15-10-16-27(21-26)36(40)41)30(23(2)34-22)33(38)43-20-19-35(39)18-17-28(24-11-6-4-7-12-24)25-13-8-5-9-14-25/h4-16,21,28,31,34,39H,17-20H2,1-3H3. The molecule has 0 radical (unpaired) electrons. The molecule has 1 aliphatic heterocycles. The molecular formula is C33H35N3O7. The van der Waals surface area contributed by atoms with E-state index in [1.165, 1.54) is 25.3 Å². The van der Waals surface area contributed by atoms with Crippen molar-refractivity contribution >= 4 is 17.6 Å². The Kier molecular flexibility index (Phi) is 10.4. The van der Waals surface area contributed by atoms with E-state index < -0.39 is 22.8 Å². The van der Waals surface area contributed by atoms with Gasteiger partial charge in [-0.15, -0.1) is 0 Å². The largest absolute Gasteiger partial charge is 0.466 e. The molecule has 0 saturated heterocycles. The lowest BCUT2D eigenvalue weighted by Gasteiger charge is -2.30. The lowest BCUT2D eigenvalue weighted by Crippen LogP contribution is -2.33. The Morgan fingerprint density at radius 2 is 1.49 bits per heavy atom. The van der Waals surface area contributed by atoms with E-state index in [0.29, 0.717) is 29.9 Å². The summed E-state index contributed by atoms with van der Waals surface area (Å²) in [4.78, 5) is 37.2. The zero-order chi connectivity index (χ0) is 30.9. The third-order valence-electron chi connectivity index (χ3n) is 7.46. The molecule has 0 spiro atoms. The summed E-state index contributed by atoms with van der Waals surface area (Å²) in [6, 6.07) is 25.9. The second-order valence-electron chi connectivity index (χ2n) is 10.2. The molecule has 2 N–H and O–H groups in total. The molecule has 0 bridgehead atoms. The molecule has 10 heteroatoms. The molecule has 3 aromatic rings. The molecule has 10 nitrogen and oxygen atoms in total. The van der Waals surface area contributed by atoms with Crippen molar-refractivity contribution in [3.63, 3.8) is 0 Å². The van der Waals surface area contributed by atoms with Crippen LogP contribution in [0.25, 0.3) is 0 Å². The first-order valence-electron chi connectivity index (χ1n) is 13.9. The first-order valence-corrected chi connectivity index (χ1v) is 13.9. The maximum atomic E-state index is 13.5. The number of dihydropyridines is 1. The van der Waals surface area contributed by atoms with Crippen LogP contribution in [-0.2, 0) is 19.1 Å². The lowest BCUT2D eigenvalue weighted by atomic mass is 9.80. The van der Waals surface area contributed by atoms with Gasteiger partial charge in [-0.3, -0.25) is 10.1 Å². The number of nitrogens with one attached hydrogen (secondary N) is 1. The SMILES string of the molecule is COC(=O)C1=C(C)NC(C)=C(C(=O)OCCN(O)CCC(c2ccccc2)c2ccccc2)C1c1cccc([N+](=O)[O-])c1. The fourth-order valence-electron chi connectivity index (χ4n) is 5.40. The Morgan fingerprint density at radius 1 is 0.907 bits per heavy atom. The highest BCUT2D eigenvalue weighted by atomic mass is 16.6. The van der Waals surface area contributed by atoms with E-state index >= 15 is 0 Å². The molecule has 0 fully saturated rings. The average molecular weight is 586 g/mol. The number of carbonyl (C=O) groups is 2. The van der Waals surface area contributed by atoms with Gasteiger partial charge in [-0.1, -0.05) is 72.8 Å². The molecule has 1 atom stereocenters. The number of ether oxygens (including phenoxy) is 2. The Hall–Kier alpha value is -4.80. The summed E-state index contributed by atoms with van der Waals surface area (Å²) in [6.45, 7) is 3.61. The van der Waals surface area contributed by atoms with E-state index in [2.05, 4.69) is 29.6 Å². The summed E-state index contributed by atoms with van der Waals surface area (Å²) in [6.07, 6.45) is 0.633. The number of nitro benzene ring substituents is 1. The monoisotopic (exact) mass is 585 g/mol. The van der Waals surface area contributed by atoms with Crippen LogP contribution < -0.4 is 5.32 Å². The summed E-state index contributed by atoms with van der Waals surface area (Å²) in [5, 5.41) is 26.3. The summed E-state index contributed by atoms with van der Waals surface area (Å²) < 4.78 is 10.6. The second kappa shape index (κ2) is 14.4. The van der Waals surface area contributed by atoms with Gasteiger partial charge in [-0.25, -0.2) is 9.59 Å². The number of hydrogen-bond donors (Lipinski definition) is 2. The third-order valence-corrected chi connectivity index (χ3v) is 7.46. The molecule has 43 heavy (non-hydrogen) atoms. The summed E-state index contributed by atoms with van der Waals surface area (Å²) in [7, 11) is 1.23. The van der Waals surface area contributed by atoms with Gasteiger partial charge >= 0.3 is 11.9 Å². The van der Waals surface area contributed by atoms with Crippen LogP contribution in [0.5, 0.6) is 0 Å². The average Bonchev–Trinajstić information content (AvgIpc) is 3.01. The van der Waals surface area contributed by atoms with Crippen molar-refractivity contribution in [1.29, 1.82) is 0 Å². The van der Waals surface area contributed by atoms with E-state index in [-0.39, 0.29) is 35.9 Å². The Morgan fingerprint density at radius 3 is 2.05 bits per heavy atom. The van der Waals surface area contributed by atoms with Crippen LogP contribution in [0, 0.1) is 10.1 Å². The van der Waals surface area contributed by atoms with E-state index in [4.69, 9.17) is 9.47 Å². The van der Waals surface area contributed by atoms with Gasteiger partial charge in [0.25, 0.3) is 5.69 Å². The maximum absolute atomic E-state index is 13.5. The van der Waals surface area contributed by atoms with E-state index in [1.807, 2.05) is 36.4 Å². The number of rotatable bonds is 12. The van der Waals surface area contributed by atoms with Crippen LogP contribution in [0.3, 0.4) is 0 Å². The molecule has 4 rings (SSSR count). The van der Waals surface area contributed by atoms with Crippen LogP contribution in [0.15, 0.2) is 107 Å². The van der Waals surface area contributed by atoms with Crippen molar-refractivity contribution in [2.45, 2.75) is 32.1 Å².